The second kappa shape index (κ2) is 5.81. The molecule has 3 heteroatoms. The molecule has 0 aromatic carbocycles. The van der Waals surface area contributed by atoms with Gasteiger partial charge in [-0.3, -0.25) is 0 Å². The van der Waals surface area contributed by atoms with Gasteiger partial charge in [0.05, 0.1) is 11.5 Å². The first-order chi connectivity index (χ1) is 8.92. The van der Waals surface area contributed by atoms with Crippen LogP contribution in [0.15, 0.2) is 0 Å². The normalized spacial score (nSPS) is 30.4. The summed E-state index contributed by atoms with van der Waals surface area (Å²) in [5.74, 6) is 0. The summed E-state index contributed by atoms with van der Waals surface area (Å²) in [5.41, 5.74) is 0.208. The van der Waals surface area contributed by atoms with Crippen LogP contribution < -0.4 is 0 Å². The smallest absolute Gasteiger partial charge is 0.0700 e. The average molecular weight is 263 g/mol. The second-order valence-electron chi connectivity index (χ2n) is 7.63. The van der Waals surface area contributed by atoms with E-state index in [0.29, 0.717) is 5.41 Å². The molecule has 1 atom stereocenters. The van der Waals surface area contributed by atoms with E-state index >= 15 is 0 Å². The largest absolute Gasteiger partial charge is 0.303 e. The summed E-state index contributed by atoms with van der Waals surface area (Å²) in [6, 6.07) is 2.52. The van der Waals surface area contributed by atoms with Crippen molar-refractivity contribution in [3.63, 3.8) is 0 Å². The fourth-order valence-corrected chi connectivity index (χ4v) is 3.77. The summed E-state index contributed by atoms with van der Waals surface area (Å²) in [6.45, 7) is 13.9. The van der Waals surface area contributed by atoms with Crippen LogP contribution in [0.5, 0.6) is 0 Å². The molecule has 0 aromatic rings. The van der Waals surface area contributed by atoms with Gasteiger partial charge in [0.15, 0.2) is 0 Å². The molecule has 0 amide bonds. The highest BCUT2D eigenvalue weighted by Crippen LogP contribution is 2.31. The zero-order valence-corrected chi connectivity index (χ0v) is 12.9. The van der Waals surface area contributed by atoms with Gasteiger partial charge in [-0.15, -0.1) is 0 Å². The summed E-state index contributed by atoms with van der Waals surface area (Å²) in [6.07, 6.45) is 4.97. The summed E-state index contributed by atoms with van der Waals surface area (Å²) in [4.78, 5) is 5.12. The van der Waals surface area contributed by atoms with E-state index in [1.807, 2.05) is 0 Å². The first-order valence-corrected chi connectivity index (χ1v) is 7.79. The van der Waals surface area contributed by atoms with Gasteiger partial charge in [0.1, 0.15) is 0 Å². The number of rotatable bonds is 4. The van der Waals surface area contributed by atoms with E-state index in [2.05, 4.69) is 36.6 Å². The van der Waals surface area contributed by atoms with Crippen molar-refractivity contribution in [3.8, 4) is 6.07 Å². The highest BCUT2D eigenvalue weighted by atomic mass is 15.2. The Morgan fingerprint density at radius 1 is 1.05 bits per heavy atom. The van der Waals surface area contributed by atoms with E-state index in [4.69, 9.17) is 0 Å². The Labute approximate surface area is 118 Å². The lowest BCUT2D eigenvalue weighted by Gasteiger charge is -2.41. The van der Waals surface area contributed by atoms with E-state index in [0.717, 1.165) is 19.5 Å². The molecule has 2 aliphatic rings. The maximum atomic E-state index is 9.31. The molecule has 2 rings (SSSR count). The van der Waals surface area contributed by atoms with Crippen LogP contribution in [-0.4, -0.2) is 49.1 Å². The van der Waals surface area contributed by atoms with Crippen LogP contribution >= 0.6 is 0 Å². The Kier molecular flexibility index (Phi) is 4.53. The average Bonchev–Trinajstić information content (AvgIpc) is 2.80. The lowest BCUT2D eigenvalue weighted by Crippen LogP contribution is -2.47. The van der Waals surface area contributed by atoms with Crippen molar-refractivity contribution in [1.29, 1.82) is 5.26 Å². The molecule has 2 saturated heterocycles. The predicted octanol–water partition coefficient (Wildman–Crippen LogP) is 2.73. The number of hydrogen-bond acceptors (Lipinski definition) is 3. The van der Waals surface area contributed by atoms with Crippen LogP contribution in [0.4, 0.5) is 0 Å². The first kappa shape index (κ1) is 14.8. The van der Waals surface area contributed by atoms with Gasteiger partial charge in [0.2, 0.25) is 0 Å². The SMILES string of the molecule is CC(C)(CN1CCCC1)CN1CCC[C@](C)(C#N)C1. The quantitative estimate of drug-likeness (QED) is 0.781. The van der Waals surface area contributed by atoms with Crippen molar-refractivity contribution in [2.24, 2.45) is 10.8 Å². The third-order valence-corrected chi connectivity index (χ3v) is 4.55. The number of nitriles is 1. The Morgan fingerprint density at radius 2 is 1.63 bits per heavy atom. The van der Waals surface area contributed by atoms with E-state index < -0.39 is 0 Å². The Hall–Kier alpha value is -0.590. The standard InChI is InChI=1S/C16H29N3/c1-15(2,12-18-8-4-5-9-18)13-19-10-6-7-16(3,11-17)14-19/h4-10,12-14H2,1-3H3/t16-/m1/s1. The van der Waals surface area contributed by atoms with Gasteiger partial charge in [-0.2, -0.15) is 5.26 Å². The van der Waals surface area contributed by atoms with E-state index in [-0.39, 0.29) is 5.41 Å². The molecule has 0 N–H and O–H groups in total. The molecular formula is C16H29N3. The molecule has 0 saturated carbocycles. The molecule has 2 aliphatic heterocycles. The number of hydrogen-bond donors (Lipinski definition) is 0. The molecule has 2 fully saturated rings. The molecule has 0 aliphatic carbocycles. The molecule has 3 nitrogen and oxygen atoms in total. The van der Waals surface area contributed by atoms with Crippen molar-refractivity contribution in [3.05, 3.63) is 0 Å². The number of nitrogens with zero attached hydrogens (tertiary/aromatic N) is 3. The fourth-order valence-electron chi connectivity index (χ4n) is 3.77. The number of likely N-dealkylation sites (tertiary alicyclic amines) is 2. The van der Waals surface area contributed by atoms with Gasteiger partial charge in [0.25, 0.3) is 0 Å². The van der Waals surface area contributed by atoms with Crippen LogP contribution in [-0.2, 0) is 0 Å². The van der Waals surface area contributed by atoms with Gasteiger partial charge in [0, 0.05) is 19.6 Å². The summed E-state index contributed by atoms with van der Waals surface area (Å²) >= 11 is 0. The molecular weight excluding hydrogens is 234 g/mol. The van der Waals surface area contributed by atoms with Gasteiger partial charge >= 0.3 is 0 Å². The maximum absolute atomic E-state index is 9.31. The van der Waals surface area contributed by atoms with Crippen molar-refractivity contribution in [1.82, 2.24) is 9.80 Å². The number of piperidine rings is 1. The highest BCUT2D eigenvalue weighted by molar-refractivity contribution is 5.00. The van der Waals surface area contributed by atoms with Crippen molar-refractivity contribution in [2.75, 3.05) is 39.3 Å². The topological polar surface area (TPSA) is 30.3 Å². The second-order valence-corrected chi connectivity index (χ2v) is 7.63. The molecule has 0 spiro atoms. The van der Waals surface area contributed by atoms with Crippen LogP contribution in [0.25, 0.3) is 0 Å². The van der Waals surface area contributed by atoms with Crippen molar-refractivity contribution < 1.29 is 0 Å². The lowest BCUT2D eigenvalue weighted by molar-refractivity contribution is 0.0811. The monoisotopic (exact) mass is 263 g/mol. The molecule has 0 unspecified atom stereocenters. The van der Waals surface area contributed by atoms with Crippen LogP contribution in [0.2, 0.25) is 0 Å². The van der Waals surface area contributed by atoms with Crippen LogP contribution in [0.1, 0.15) is 46.5 Å². The van der Waals surface area contributed by atoms with Crippen LogP contribution in [0, 0.1) is 22.2 Å². The highest BCUT2D eigenvalue weighted by Gasteiger charge is 2.34. The summed E-state index contributed by atoms with van der Waals surface area (Å²) in [5, 5.41) is 9.31. The van der Waals surface area contributed by atoms with Gasteiger partial charge in [-0.05, 0) is 57.7 Å². The zero-order valence-electron chi connectivity index (χ0n) is 12.9. The Balaban J connectivity index is 1.86. The Morgan fingerprint density at radius 3 is 2.26 bits per heavy atom. The minimum absolute atomic E-state index is 0.123. The molecule has 0 aromatic heterocycles. The molecule has 108 valence electrons. The minimum atomic E-state index is -0.123. The van der Waals surface area contributed by atoms with Gasteiger partial charge in [-0.1, -0.05) is 13.8 Å². The Bertz CT molecular complexity index is 338. The van der Waals surface area contributed by atoms with E-state index in [1.54, 1.807) is 0 Å². The minimum Gasteiger partial charge on any atom is -0.303 e. The fraction of sp³-hybridized carbons (Fsp3) is 0.938. The van der Waals surface area contributed by atoms with Crippen molar-refractivity contribution >= 4 is 0 Å². The lowest BCUT2D eigenvalue weighted by atomic mass is 9.82. The molecule has 19 heavy (non-hydrogen) atoms. The molecule has 0 radical (unpaired) electrons. The summed E-state index contributed by atoms with van der Waals surface area (Å²) < 4.78 is 0. The van der Waals surface area contributed by atoms with Gasteiger partial charge in [-0.25, -0.2) is 0 Å². The third kappa shape index (κ3) is 4.19. The third-order valence-electron chi connectivity index (χ3n) is 4.55. The maximum Gasteiger partial charge on any atom is 0.0700 e. The molecule has 0 bridgehead atoms. The first-order valence-electron chi connectivity index (χ1n) is 7.79. The van der Waals surface area contributed by atoms with Gasteiger partial charge < -0.3 is 9.80 Å². The zero-order chi connectivity index (χ0) is 13.9. The predicted molar refractivity (Wildman–Crippen MR) is 78.8 cm³/mol. The molecule has 2 heterocycles. The van der Waals surface area contributed by atoms with Crippen LogP contribution in [0.3, 0.4) is 0 Å². The summed E-state index contributed by atoms with van der Waals surface area (Å²) in [7, 11) is 0. The van der Waals surface area contributed by atoms with E-state index in [9.17, 15) is 5.26 Å². The van der Waals surface area contributed by atoms with Crippen molar-refractivity contribution in [2.45, 2.75) is 46.5 Å². The van der Waals surface area contributed by atoms with E-state index in [1.165, 1.54) is 45.4 Å².